The maximum atomic E-state index is 5.18. The lowest BCUT2D eigenvalue weighted by molar-refractivity contribution is 0.185. The summed E-state index contributed by atoms with van der Waals surface area (Å²) in [4.78, 5) is 1.38. The minimum Gasteiger partial charge on any atom is -0.380 e. The van der Waals surface area contributed by atoms with Gasteiger partial charge in [-0.05, 0) is 35.1 Å². The Morgan fingerprint density at radius 3 is 2.68 bits per heavy atom. The molecule has 0 spiro atoms. The van der Waals surface area contributed by atoms with Crippen molar-refractivity contribution in [2.45, 2.75) is 26.5 Å². The Labute approximate surface area is 119 Å². The molecule has 0 radical (unpaired) electrons. The van der Waals surface area contributed by atoms with Gasteiger partial charge in [0.15, 0.2) is 0 Å². The lowest BCUT2D eigenvalue weighted by atomic mass is 10.0. The molecule has 1 unspecified atom stereocenters. The molecule has 19 heavy (non-hydrogen) atoms. The molecular formula is C16H21NOS. The highest BCUT2D eigenvalue weighted by molar-refractivity contribution is 7.10. The molecule has 0 amide bonds. The number of hydrogen-bond donors (Lipinski definition) is 1. The summed E-state index contributed by atoms with van der Waals surface area (Å²) in [6.45, 7) is 5.15. The van der Waals surface area contributed by atoms with E-state index in [1.807, 2.05) is 0 Å². The molecule has 3 heteroatoms. The van der Waals surface area contributed by atoms with Crippen molar-refractivity contribution in [3.63, 3.8) is 0 Å². The van der Waals surface area contributed by atoms with Gasteiger partial charge in [0, 0.05) is 17.7 Å². The topological polar surface area (TPSA) is 21.3 Å². The van der Waals surface area contributed by atoms with Gasteiger partial charge in [-0.25, -0.2) is 0 Å². The van der Waals surface area contributed by atoms with Crippen molar-refractivity contribution < 1.29 is 4.74 Å². The highest BCUT2D eigenvalue weighted by atomic mass is 32.1. The highest BCUT2D eigenvalue weighted by Crippen LogP contribution is 2.29. The number of anilines is 1. The van der Waals surface area contributed by atoms with Gasteiger partial charge in [0.2, 0.25) is 0 Å². The summed E-state index contributed by atoms with van der Waals surface area (Å²) in [6, 6.07) is 13.1. The fourth-order valence-electron chi connectivity index (χ4n) is 2.13. The molecule has 0 bridgehead atoms. The largest absolute Gasteiger partial charge is 0.380 e. The molecule has 1 N–H and O–H groups in total. The maximum Gasteiger partial charge on any atom is 0.0713 e. The van der Waals surface area contributed by atoms with Crippen LogP contribution in [0.2, 0.25) is 0 Å². The molecule has 0 aliphatic carbocycles. The van der Waals surface area contributed by atoms with Crippen LogP contribution in [0.15, 0.2) is 41.8 Å². The first-order chi connectivity index (χ1) is 9.20. The van der Waals surface area contributed by atoms with Crippen LogP contribution in [0.1, 0.15) is 30.3 Å². The maximum absolute atomic E-state index is 5.18. The van der Waals surface area contributed by atoms with Crippen LogP contribution >= 0.6 is 11.3 Å². The van der Waals surface area contributed by atoms with Gasteiger partial charge < -0.3 is 10.1 Å². The van der Waals surface area contributed by atoms with E-state index in [0.717, 1.165) is 5.69 Å². The molecule has 0 saturated carbocycles. The number of methoxy groups -OCH3 is 1. The average Bonchev–Trinajstić information content (AvgIpc) is 2.90. The predicted molar refractivity (Wildman–Crippen MR) is 82.7 cm³/mol. The number of ether oxygens (including phenoxy) is 1. The van der Waals surface area contributed by atoms with E-state index in [9.17, 15) is 0 Å². The lowest BCUT2D eigenvalue weighted by Crippen LogP contribution is -2.15. The molecule has 2 aromatic rings. The van der Waals surface area contributed by atoms with E-state index in [1.54, 1.807) is 18.4 Å². The number of rotatable bonds is 6. The molecule has 1 aromatic carbocycles. The fraction of sp³-hybridized carbons (Fsp3) is 0.375. The van der Waals surface area contributed by atoms with Crippen LogP contribution in [-0.4, -0.2) is 7.11 Å². The van der Waals surface area contributed by atoms with Crippen molar-refractivity contribution >= 4 is 17.0 Å². The Balaban J connectivity index is 2.15. The van der Waals surface area contributed by atoms with Crippen LogP contribution < -0.4 is 5.32 Å². The number of thiophene rings is 1. The summed E-state index contributed by atoms with van der Waals surface area (Å²) >= 11 is 1.81. The summed E-state index contributed by atoms with van der Waals surface area (Å²) in [5.41, 5.74) is 2.35. The third-order valence-corrected chi connectivity index (χ3v) is 4.03. The van der Waals surface area contributed by atoms with Crippen molar-refractivity contribution in [3.05, 3.63) is 52.2 Å². The molecule has 0 saturated heterocycles. The van der Waals surface area contributed by atoms with Crippen LogP contribution in [-0.2, 0) is 11.3 Å². The molecule has 102 valence electrons. The number of nitrogens with one attached hydrogen (secondary N) is 1. The summed E-state index contributed by atoms with van der Waals surface area (Å²) in [6.07, 6.45) is 0. The van der Waals surface area contributed by atoms with Gasteiger partial charge in [-0.3, -0.25) is 0 Å². The van der Waals surface area contributed by atoms with Crippen molar-refractivity contribution in [2.75, 3.05) is 12.4 Å². The van der Waals surface area contributed by atoms with Gasteiger partial charge in [-0.2, -0.15) is 0 Å². The molecular weight excluding hydrogens is 254 g/mol. The van der Waals surface area contributed by atoms with Crippen molar-refractivity contribution in [1.82, 2.24) is 0 Å². The van der Waals surface area contributed by atoms with Gasteiger partial charge in [0.25, 0.3) is 0 Å². The monoisotopic (exact) mass is 275 g/mol. The Kier molecular flexibility index (Phi) is 5.00. The second kappa shape index (κ2) is 6.73. The minimum atomic E-state index is 0.359. The zero-order valence-corrected chi connectivity index (χ0v) is 12.5. The summed E-state index contributed by atoms with van der Waals surface area (Å²) in [5.74, 6) is 0.546. The van der Waals surface area contributed by atoms with Gasteiger partial charge in [-0.1, -0.05) is 32.0 Å². The number of benzene rings is 1. The predicted octanol–water partition coefficient (Wildman–Crippen LogP) is 4.70. The third-order valence-electron chi connectivity index (χ3n) is 3.08. The highest BCUT2D eigenvalue weighted by Gasteiger charge is 2.16. The Bertz CT molecular complexity index is 493. The zero-order valence-electron chi connectivity index (χ0n) is 11.7. The summed E-state index contributed by atoms with van der Waals surface area (Å²) in [5, 5.41) is 5.77. The molecule has 1 atom stereocenters. The Hall–Kier alpha value is -1.32. The normalized spacial score (nSPS) is 12.6. The molecule has 2 nitrogen and oxygen atoms in total. The van der Waals surface area contributed by atoms with E-state index in [-0.39, 0.29) is 0 Å². The van der Waals surface area contributed by atoms with Crippen LogP contribution in [0.5, 0.6) is 0 Å². The molecule has 1 aromatic heterocycles. The van der Waals surface area contributed by atoms with E-state index in [4.69, 9.17) is 4.74 Å². The van der Waals surface area contributed by atoms with Crippen molar-refractivity contribution in [2.24, 2.45) is 5.92 Å². The molecule has 0 fully saturated rings. The smallest absolute Gasteiger partial charge is 0.0713 e. The first kappa shape index (κ1) is 14.1. The van der Waals surface area contributed by atoms with Gasteiger partial charge in [0.1, 0.15) is 0 Å². The lowest BCUT2D eigenvalue weighted by Gasteiger charge is -2.22. The van der Waals surface area contributed by atoms with Crippen LogP contribution in [0.3, 0.4) is 0 Å². The Morgan fingerprint density at radius 2 is 2.05 bits per heavy atom. The molecule has 0 aliphatic heterocycles. The third kappa shape index (κ3) is 3.82. The quantitative estimate of drug-likeness (QED) is 0.824. The van der Waals surface area contributed by atoms with Crippen molar-refractivity contribution in [3.8, 4) is 0 Å². The molecule has 1 heterocycles. The van der Waals surface area contributed by atoms with Crippen LogP contribution in [0.4, 0.5) is 5.69 Å². The second-order valence-electron chi connectivity index (χ2n) is 5.01. The van der Waals surface area contributed by atoms with Crippen LogP contribution in [0.25, 0.3) is 0 Å². The first-order valence-electron chi connectivity index (χ1n) is 6.58. The van der Waals surface area contributed by atoms with Gasteiger partial charge in [-0.15, -0.1) is 11.3 Å². The van der Waals surface area contributed by atoms with E-state index in [2.05, 4.69) is 60.9 Å². The van der Waals surface area contributed by atoms with E-state index >= 15 is 0 Å². The summed E-state index contributed by atoms with van der Waals surface area (Å²) < 4.78 is 5.18. The van der Waals surface area contributed by atoms with Crippen molar-refractivity contribution in [1.29, 1.82) is 0 Å². The average molecular weight is 275 g/mol. The van der Waals surface area contributed by atoms with Crippen LogP contribution in [0, 0.1) is 5.92 Å². The SMILES string of the molecule is COCc1cccc(NC(c2cccs2)C(C)C)c1. The first-order valence-corrected chi connectivity index (χ1v) is 7.46. The number of hydrogen-bond acceptors (Lipinski definition) is 3. The minimum absolute atomic E-state index is 0.359. The zero-order chi connectivity index (χ0) is 13.7. The van der Waals surface area contributed by atoms with Gasteiger partial charge in [0.05, 0.1) is 12.6 Å². The van der Waals surface area contributed by atoms with E-state index in [0.29, 0.717) is 18.6 Å². The van der Waals surface area contributed by atoms with E-state index in [1.165, 1.54) is 10.4 Å². The second-order valence-corrected chi connectivity index (χ2v) is 5.99. The van der Waals surface area contributed by atoms with Gasteiger partial charge >= 0.3 is 0 Å². The summed E-state index contributed by atoms with van der Waals surface area (Å²) in [7, 11) is 1.72. The molecule has 0 aliphatic rings. The Morgan fingerprint density at radius 1 is 1.21 bits per heavy atom. The standard InChI is InChI=1S/C16H21NOS/c1-12(2)16(15-8-5-9-19-15)17-14-7-4-6-13(10-14)11-18-3/h4-10,12,16-17H,11H2,1-3H3. The van der Waals surface area contributed by atoms with E-state index < -0.39 is 0 Å². The molecule has 2 rings (SSSR count). The fourth-order valence-corrected chi connectivity index (χ4v) is 3.08.